The molecular weight excluding hydrogens is 273 g/mol. The van der Waals surface area contributed by atoms with E-state index in [-0.39, 0.29) is 19.1 Å². The molecule has 0 aromatic heterocycles. The van der Waals surface area contributed by atoms with Crippen molar-refractivity contribution in [3.8, 4) is 0 Å². The van der Waals surface area contributed by atoms with Gasteiger partial charge in [-0.2, -0.15) is 13.2 Å². The first-order valence-corrected chi connectivity index (χ1v) is 6.00. The highest BCUT2D eigenvalue weighted by Crippen LogP contribution is 2.17. The average Bonchev–Trinajstić information content (AvgIpc) is 2.31. The van der Waals surface area contributed by atoms with E-state index >= 15 is 0 Å². The van der Waals surface area contributed by atoms with Crippen molar-refractivity contribution in [2.45, 2.75) is 20.0 Å². The molecule has 0 atom stereocenters. The maximum atomic E-state index is 11.8. The van der Waals surface area contributed by atoms with Crippen molar-refractivity contribution in [1.82, 2.24) is 5.32 Å². The molecule has 0 radical (unpaired) electrons. The molecule has 112 valence electrons. The second-order valence-electron chi connectivity index (χ2n) is 4.45. The molecule has 0 spiro atoms. The van der Waals surface area contributed by atoms with Crippen LogP contribution in [-0.4, -0.2) is 31.8 Å². The molecule has 0 aliphatic rings. The van der Waals surface area contributed by atoms with Gasteiger partial charge in [0.15, 0.2) is 0 Å². The molecule has 0 heterocycles. The van der Waals surface area contributed by atoms with Gasteiger partial charge in [-0.05, 0) is 31.0 Å². The van der Waals surface area contributed by atoms with Crippen molar-refractivity contribution >= 4 is 11.6 Å². The standard InChI is InChI=1S/C13H17F3N2O2/c1-8-5-9(2)11(17)6-10(8)12(19)18-3-4-20-7-13(14,15)16/h5-6H,3-4,7,17H2,1-2H3,(H,18,19). The summed E-state index contributed by atoms with van der Waals surface area (Å²) in [6.07, 6.45) is -4.36. The monoisotopic (exact) mass is 290 g/mol. The Hall–Kier alpha value is -1.76. The van der Waals surface area contributed by atoms with Crippen molar-refractivity contribution in [3.63, 3.8) is 0 Å². The molecule has 4 nitrogen and oxygen atoms in total. The van der Waals surface area contributed by atoms with Gasteiger partial charge in [-0.1, -0.05) is 6.07 Å². The summed E-state index contributed by atoms with van der Waals surface area (Å²) in [4.78, 5) is 11.8. The minimum atomic E-state index is -4.36. The van der Waals surface area contributed by atoms with Crippen LogP contribution in [0.3, 0.4) is 0 Å². The normalized spacial score (nSPS) is 11.4. The molecule has 0 bridgehead atoms. The van der Waals surface area contributed by atoms with Crippen LogP contribution in [0.4, 0.5) is 18.9 Å². The molecule has 0 aliphatic heterocycles. The van der Waals surface area contributed by atoms with E-state index in [0.717, 1.165) is 11.1 Å². The quantitative estimate of drug-likeness (QED) is 0.645. The number of carbonyl (C=O) groups excluding carboxylic acids is 1. The maximum Gasteiger partial charge on any atom is 0.411 e. The number of benzene rings is 1. The zero-order valence-electron chi connectivity index (χ0n) is 11.3. The number of aryl methyl sites for hydroxylation is 2. The van der Waals surface area contributed by atoms with Gasteiger partial charge < -0.3 is 15.8 Å². The Labute approximate surface area is 115 Å². The summed E-state index contributed by atoms with van der Waals surface area (Å²) in [5.74, 6) is -0.384. The molecule has 1 amide bonds. The first-order chi connectivity index (χ1) is 9.20. The number of rotatable bonds is 5. The van der Waals surface area contributed by atoms with E-state index in [1.807, 2.05) is 6.92 Å². The number of alkyl halides is 3. The summed E-state index contributed by atoms with van der Waals surface area (Å²) in [7, 11) is 0. The number of nitrogens with two attached hydrogens (primary N) is 1. The van der Waals surface area contributed by atoms with Gasteiger partial charge in [-0.25, -0.2) is 0 Å². The average molecular weight is 290 g/mol. The largest absolute Gasteiger partial charge is 0.411 e. The third kappa shape index (κ3) is 5.08. The Balaban J connectivity index is 2.46. The smallest absolute Gasteiger partial charge is 0.398 e. The molecule has 0 unspecified atom stereocenters. The second kappa shape index (κ2) is 6.60. The Morgan fingerprint density at radius 3 is 2.55 bits per heavy atom. The Morgan fingerprint density at radius 1 is 1.30 bits per heavy atom. The minimum absolute atomic E-state index is 0.00212. The first kappa shape index (κ1) is 16.3. The number of nitrogen functional groups attached to an aromatic ring is 1. The molecule has 0 saturated heterocycles. The Kier molecular flexibility index (Phi) is 5.38. The van der Waals surface area contributed by atoms with Crippen LogP contribution in [0.2, 0.25) is 0 Å². The predicted octanol–water partition coefficient (Wildman–Crippen LogP) is 2.19. The van der Waals surface area contributed by atoms with Gasteiger partial charge in [0.1, 0.15) is 6.61 Å². The van der Waals surface area contributed by atoms with Crippen LogP contribution >= 0.6 is 0 Å². The van der Waals surface area contributed by atoms with Crippen molar-refractivity contribution < 1.29 is 22.7 Å². The van der Waals surface area contributed by atoms with Crippen LogP contribution in [0.5, 0.6) is 0 Å². The van der Waals surface area contributed by atoms with E-state index in [4.69, 9.17) is 5.73 Å². The zero-order valence-corrected chi connectivity index (χ0v) is 11.3. The van der Waals surface area contributed by atoms with Gasteiger partial charge in [-0.3, -0.25) is 4.79 Å². The molecule has 7 heteroatoms. The molecule has 3 N–H and O–H groups in total. The summed E-state index contributed by atoms with van der Waals surface area (Å²) >= 11 is 0. The van der Waals surface area contributed by atoms with E-state index in [1.54, 1.807) is 19.1 Å². The van der Waals surface area contributed by atoms with Gasteiger partial charge in [0, 0.05) is 17.8 Å². The van der Waals surface area contributed by atoms with Gasteiger partial charge in [0.05, 0.1) is 6.61 Å². The fraction of sp³-hybridized carbons (Fsp3) is 0.462. The lowest BCUT2D eigenvalue weighted by atomic mass is 10.0. The van der Waals surface area contributed by atoms with E-state index in [2.05, 4.69) is 10.1 Å². The summed E-state index contributed by atoms with van der Waals surface area (Å²) in [5.41, 5.74) is 8.25. The number of hydrogen-bond donors (Lipinski definition) is 2. The van der Waals surface area contributed by atoms with Crippen LogP contribution in [0.25, 0.3) is 0 Å². The number of halogens is 3. The summed E-state index contributed by atoms with van der Waals surface area (Å²) in [6, 6.07) is 3.33. The highest BCUT2D eigenvalue weighted by atomic mass is 19.4. The topological polar surface area (TPSA) is 64.3 Å². The van der Waals surface area contributed by atoms with Crippen LogP contribution in [0.15, 0.2) is 12.1 Å². The minimum Gasteiger partial charge on any atom is -0.398 e. The number of anilines is 1. The van der Waals surface area contributed by atoms with Crippen LogP contribution < -0.4 is 11.1 Å². The SMILES string of the molecule is Cc1cc(C)c(C(=O)NCCOCC(F)(F)F)cc1N. The molecule has 1 aromatic carbocycles. The highest BCUT2D eigenvalue weighted by molar-refractivity contribution is 5.96. The number of ether oxygens (including phenoxy) is 1. The molecule has 1 rings (SSSR count). The number of hydrogen-bond acceptors (Lipinski definition) is 3. The number of amides is 1. The van der Waals surface area contributed by atoms with Crippen LogP contribution in [-0.2, 0) is 4.74 Å². The van der Waals surface area contributed by atoms with E-state index in [9.17, 15) is 18.0 Å². The third-order valence-corrected chi connectivity index (χ3v) is 2.66. The lowest BCUT2D eigenvalue weighted by molar-refractivity contribution is -0.173. The van der Waals surface area contributed by atoms with Gasteiger partial charge in [0.25, 0.3) is 5.91 Å². The lowest BCUT2D eigenvalue weighted by Gasteiger charge is -2.11. The molecule has 1 aromatic rings. The van der Waals surface area contributed by atoms with Crippen LogP contribution in [0.1, 0.15) is 21.5 Å². The fourth-order valence-electron chi connectivity index (χ4n) is 1.63. The van der Waals surface area contributed by atoms with Crippen molar-refractivity contribution in [3.05, 3.63) is 28.8 Å². The summed E-state index contributed by atoms with van der Waals surface area (Å²) in [5, 5.41) is 2.49. The molecule has 0 saturated carbocycles. The molecule has 0 aliphatic carbocycles. The molecule has 20 heavy (non-hydrogen) atoms. The fourth-order valence-corrected chi connectivity index (χ4v) is 1.63. The first-order valence-electron chi connectivity index (χ1n) is 6.00. The van der Waals surface area contributed by atoms with E-state index in [1.165, 1.54) is 0 Å². The highest BCUT2D eigenvalue weighted by Gasteiger charge is 2.27. The van der Waals surface area contributed by atoms with Gasteiger partial charge in [0.2, 0.25) is 0 Å². The lowest BCUT2D eigenvalue weighted by Crippen LogP contribution is -2.29. The maximum absolute atomic E-state index is 11.8. The number of nitrogens with one attached hydrogen (secondary N) is 1. The van der Waals surface area contributed by atoms with Crippen molar-refractivity contribution in [1.29, 1.82) is 0 Å². The summed E-state index contributed by atoms with van der Waals surface area (Å²) < 4.78 is 39.8. The number of carbonyl (C=O) groups is 1. The Morgan fingerprint density at radius 2 is 1.95 bits per heavy atom. The summed E-state index contributed by atoms with van der Waals surface area (Å²) in [6.45, 7) is 2.07. The predicted molar refractivity (Wildman–Crippen MR) is 69.5 cm³/mol. The van der Waals surface area contributed by atoms with E-state index in [0.29, 0.717) is 11.3 Å². The third-order valence-electron chi connectivity index (χ3n) is 2.66. The van der Waals surface area contributed by atoms with E-state index < -0.39 is 12.8 Å². The Bertz CT molecular complexity index is 487. The zero-order chi connectivity index (χ0) is 15.3. The van der Waals surface area contributed by atoms with Gasteiger partial charge in [-0.15, -0.1) is 0 Å². The van der Waals surface area contributed by atoms with Crippen LogP contribution in [0, 0.1) is 13.8 Å². The molecule has 0 fully saturated rings. The van der Waals surface area contributed by atoms with Crippen molar-refractivity contribution in [2.24, 2.45) is 0 Å². The molecular formula is C13H17F3N2O2. The second-order valence-corrected chi connectivity index (χ2v) is 4.45. The van der Waals surface area contributed by atoms with Gasteiger partial charge >= 0.3 is 6.18 Å². The van der Waals surface area contributed by atoms with Crippen molar-refractivity contribution in [2.75, 3.05) is 25.5 Å².